The molecule has 3 rings (SSSR count). The third kappa shape index (κ3) is 5.55. The van der Waals surface area contributed by atoms with Gasteiger partial charge in [-0.3, -0.25) is 9.59 Å². The second kappa shape index (κ2) is 9.84. The zero-order valence-electron chi connectivity index (χ0n) is 16.7. The molecule has 0 bridgehead atoms. The summed E-state index contributed by atoms with van der Waals surface area (Å²) >= 11 is 6.02. The van der Waals surface area contributed by atoms with Gasteiger partial charge in [0.15, 0.2) is 5.15 Å². The first-order valence-corrected chi connectivity index (χ1v) is 9.70. The fourth-order valence-electron chi connectivity index (χ4n) is 2.83. The normalized spacial score (nSPS) is 11.4. The summed E-state index contributed by atoms with van der Waals surface area (Å²) in [5, 5.41) is 5.64. The lowest BCUT2D eigenvalue weighted by Gasteiger charge is -2.19. The molecule has 0 saturated heterocycles. The van der Waals surface area contributed by atoms with Crippen molar-refractivity contribution in [2.75, 3.05) is 24.3 Å². The van der Waals surface area contributed by atoms with Crippen molar-refractivity contribution in [2.45, 2.75) is 12.5 Å². The molecule has 2 N–H and O–H groups in total. The molecule has 0 fully saturated rings. The van der Waals surface area contributed by atoms with E-state index in [-0.39, 0.29) is 16.7 Å². The number of amides is 2. The maximum absolute atomic E-state index is 12.9. The molecule has 2 amide bonds. The molecular formula is C22H22ClN5O2. The quantitative estimate of drug-likeness (QED) is 0.570. The summed E-state index contributed by atoms with van der Waals surface area (Å²) < 4.78 is 0. The Morgan fingerprint density at radius 1 is 1.07 bits per heavy atom. The summed E-state index contributed by atoms with van der Waals surface area (Å²) in [4.78, 5) is 35.4. The molecule has 0 saturated carbocycles. The van der Waals surface area contributed by atoms with Crippen molar-refractivity contribution in [2.24, 2.45) is 0 Å². The lowest BCUT2D eigenvalue weighted by Crippen LogP contribution is -2.45. The number of carbonyl (C=O) groups excluding carboxylic acids is 2. The average Bonchev–Trinajstić information content (AvgIpc) is 2.75. The highest BCUT2D eigenvalue weighted by molar-refractivity contribution is 6.32. The van der Waals surface area contributed by atoms with Crippen LogP contribution in [0, 0.1) is 0 Å². The Morgan fingerprint density at radius 3 is 2.40 bits per heavy atom. The van der Waals surface area contributed by atoms with Gasteiger partial charge in [-0.25, -0.2) is 9.97 Å². The molecule has 0 aliphatic carbocycles. The van der Waals surface area contributed by atoms with E-state index >= 15 is 0 Å². The summed E-state index contributed by atoms with van der Waals surface area (Å²) in [7, 11) is 3.85. The second-order valence-corrected chi connectivity index (χ2v) is 7.23. The van der Waals surface area contributed by atoms with Crippen LogP contribution in [0.2, 0.25) is 5.15 Å². The molecule has 154 valence electrons. The van der Waals surface area contributed by atoms with Gasteiger partial charge in [-0.2, -0.15) is 0 Å². The summed E-state index contributed by atoms with van der Waals surface area (Å²) in [5.74, 6) is -0.749. The van der Waals surface area contributed by atoms with E-state index in [9.17, 15) is 9.59 Å². The van der Waals surface area contributed by atoms with Gasteiger partial charge < -0.3 is 15.5 Å². The number of rotatable bonds is 7. The van der Waals surface area contributed by atoms with E-state index in [0.717, 1.165) is 11.3 Å². The summed E-state index contributed by atoms with van der Waals surface area (Å²) in [6, 6.07) is 15.8. The van der Waals surface area contributed by atoms with E-state index in [1.54, 1.807) is 12.1 Å². The monoisotopic (exact) mass is 423 g/mol. The van der Waals surface area contributed by atoms with E-state index in [0.29, 0.717) is 12.0 Å². The van der Waals surface area contributed by atoms with Crippen LogP contribution in [0.3, 0.4) is 0 Å². The lowest BCUT2D eigenvalue weighted by molar-refractivity contribution is -0.118. The Kier molecular flexibility index (Phi) is 6.98. The van der Waals surface area contributed by atoms with Crippen LogP contribution in [-0.2, 0) is 11.2 Å². The van der Waals surface area contributed by atoms with Crippen molar-refractivity contribution in [3.63, 3.8) is 0 Å². The van der Waals surface area contributed by atoms with Crippen LogP contribution in [0.1, 0.15) is 15.9 Å². The van der Waals surface area contributed by atoms with E-state index in [1.165, 1.54) is 12.5 Å². The summed E-state index contributed by atoms with van der Waals surface area (Å²) in [6.45, 7) is 0. The standard InChI is InChI=1S/C22H22ClN5O2/c1-28(2)17-10-8-16(9-11-17)21(29)26-18(12-15-6-4-3-5-7-15)22(30)27-19-13-24-14-25-20(19)23/h3-11,13-14,18H,12H2,1-2H3,(H,26,29)(H,27,30)/t18-/m1/s1. The maximum Gasteiger partial charge on any atom is 0.251 e. The fourth-order valence-corrected chi connectivity index (χ4v) is 2.97. The Morgan fingerprint density at radius 2 is 1.77 bits per heavy atom. The number of nitrogens with one attached hydrogen (secondary N) is 2. The van der Waals surface area contributed by atoms with Gasteiger partial charge in [-0.1, -0.05) is 41.9 Å². The topological polar surface area (TPSA) is 87.2 Å². The number of carbonyl (C=O) groups is 2. The Labute approximate surface area is 180 Å². The molecule has 30 heavy (non-hydrogen) atoms. The highest BCUT2D eigenvalue weighted by Gasteiger charge is 2.23. The first kappa shape index (κ1) is 21.3. The summed E-state index contributed by atoms with van der Waals surface area (Å²) in [5.41, 5.74) is 2.64. The largest absolute Gasteiger partial charge is 0.378 e. The Balaban J connectivity index is 1.79. The number of benzene rings is 2. The number of anilines is 2. The number of hydrogen-bond acceptors (Lipinski definition) is 5. The van der Waals surface area contributed by atoms with E-state index in [1.807, 2.05) is 61.5 Å². The van der Waals surface area contributed by atoms with Crippen LogP contribution in [0.25, 0.3) is 0 Å². The highest BCUT2D eigenvalue weighted by atomic mass is 35.5. The number of halogens is 1. The van der Waals surface area contributed by atoms with Crippen LogP contribution in [0.5, 0.6) is 0 Å². The van der Waals surface area contributed by atoms with Crippen LogP contribution < -0.4 is 15.5 Å². The SMILES string of the molecule is CN(C)c1ccc(C(=O)N[C@H](Cc2ccccc2)C(=O)Nc2cncnc2Cl)cc1. The Bertz CT molecular complexity index is 1010. The van der Waals surface area contributed by atoms with Crippen molar-refractivity contribution in [1.29, 1.82) is 0 Å². The fraction of sp³-hybridized carbons (Fsp3) is 0.182. The third-order valence-electron chi connectivity index (χ3n) is 4.47. The van der Waals surface area contributed by atoms with Crippen molar-refractivity contribution in [1.82, 2.24) is 15.3 Å². The van der Waals surface area contributed by atoms with E-state index in [4.69, 9.17) is 11.6 Å². The van der Waals surface area contributed by atoms with Crippen molar-refractivity contribution in [3.8, 4) is 0 Å². The predicted molar refractivity (Wildman–Crippen MR) is 118 cm³/mol. The van der Waals surface area contributed by atoms with Gasteiger partial charge in [0.25, 0.3) is 5.91 Å². The van der Waals surface area contributed by atoms with Crippen LogP contribution in [0.15, 0.2) is 67.1 Å². The molecule has 3 aromatic rings. The molecule has 1 atom stereocenters. The molecule has 8 heteroatoms. The van der Waals surface area contributed by atoms with Crippen molar-refractivity contribution >= 4 is 34.8 Å². The predicted octanol–water partition coefficient (Wildman–Crippen LogP) is 3.18. The second-order valence-electron chi connectivity index (χ2n) is 6.87. The van der Waals surface area contributed by atoms with Crippen LogP contribution >= 0.6 is 11.6 Å². The highest BCUT2D eigenvalue weighted by Crippen LogP contribution is 2.17. The van der Waals surface area contributed by atoms with Gasteiger partial charge >= 0.3 is 0 Å². The molecule has 1 aromatic heterocycles. The molecule has 0 radical (unpaired) electrons. The lowest BCUT2D eigenvalue weighted by atomic mass is 10.0. The van der Waals surface area contributed by atoms with Gasteiger partial charge in [0.2, 0.25) is 5.91 Å². The number of aromatic nitrogens is 2. The third-order valence-corrected chi connectivity index (χ3v) is 4.77. The van der Waals surface area contributed by atoms with E-state index < -0.39 is 11.9 Å². The average molecular weight is 424 g/mol. The molecule has 1 heterocycles. The minimum atomic E-state index is -0.815. The smallest absolute Gasteiger partial charge is 0.251 e. The van der Waals surface area contributed by atoms with Crippen molar-refractivity contribution in [3.05, 3.63) is 83.4 Å². The van der Waals surface area contributed by atoms with Gasteiger partial charge in [-0.05, 0) is 29.8 Å². The zero-order chi connectivity index (χ0) is 21.5. The minimum absolute atomic E-state index is 0.127. The number of hydrogen-bond donors (Lipinski definition) is 2. The van der Waals surface area contributed by atoms with Gasteiger partial charge in [-0.15, -0.1) is 0 Å². The minimum Gasteiger partial charge on any atom is -0.378 e. The molecule has 0 aliphatic heterocycles. The van der Waals surface area contributed by atoms with Crippen LogP contribution in [-0.4, -0.2) is 41.9 Å². The molecule has 7 nitrogen and oxygen atoms in total. The Hall–Kier alpha value is -3.45. The van der Waals surface area contributed by atoms with Crippen molar-refractivity contribution < 1.29 is 9.59 Å². The molecule has 2 aromatic carbocycles. The molecule has 0 spiro atoms. The summed E-state index contributed by atoms with van der Waals surface area (Å²) in [6.07, 6.45) is 3.02. The van der Waals surface area contributed by atoms with Crippen LogP contribution in [0.4, 0.5) is 11.4 Å². The zero-order valence-corrected chi connectivity index (χ0v) is 17.4. The molecule has 0 aliphatic rings. The maximum atomic E-state index is 12.9. The molecular weight excluding hydrogens is 402 g/mol. The van der Waals surface area contributed by atoms with E-state index in [2.05, 4.69) is 20.6 Å². The first-order valence-electron chi connectivity index (χ1n) is 9.32. The number of nitrogens with zero attached hydrogens (tertiary/aromatic N) is 3. The van der Waals surface area contributed by atoms with Gasteiger partial charge in [0.05, 0.1) is 11.9 Å². The van der Waals surface area contributed by atoms with Gasteiger partial charge in [0, 0.05) is 31.8 Å². The van der Waals surface area contributed by atoms with Gasteiger partial charge in [0.1, 0.15) is 12.4 Å². The first-order chi connectivity index (χ1) is 14.4. The molecule has 0 unspecified atom stereocenters.